The molecule has 0 radical (unpaired) electrons. The number of nitrogens with one attached hydrogen (secondary N) is 2. The summed E-state index contributed by atoms with van der Waals surface area (Å²) in [6.07, 6.45) is 4.95. The molecule has 0 bridgehead atoms. The minimum absolute atomic E-state index is 0.239. The maximum absolute atomic E-state index is 12.8. The number of carbonyl (C=O) groups is 1. The van der Waals surface area contributed by atoms with E-state index in [1.54, 1.807) is 42.9 Å². The summed E-state index contributed by atoms with van der Waals surface area (Å²) in [5, 5.41) is 6.77. The number of amides is 1. The molecule has 0 spiro atoms. The summed E-state index contributed by atoms with van der Waals surface area (Å²) >= 11 is 5.91. The number of rotatable bonds is 5. The molecular formula is C23H17ClN4O. The van der Waals surface area contributed by atoms with E-state index >= 15 is 0 Å². The first kappa shape index (κ1) is 18.7. The average Bonchev–Trinajstić information content (AvgIpc) is 2.76. The summed E-state index contributed by atoms with van der Waals surface area (Å²) in [4.78, 5) is 21.3. The van der Waals surface area contributed by atoms with Gasteiger partial charge in [0.25, 0.3) is 5.91 Å². The number of nitrogens with zero attached hydrogens (tertiary/aromatic N) is 2. The van der Waals surface area contributed by atoms with Gasteiger partial charge in [-0.05, 0) is 48.0 Å². The van der Waals surface area contributed by atoms with Crippen LogP contribution in [0.4, 0.5) is 17.2 Å². The molecule has 0 aliphatic carbocycles. The van der Waals surface area contributed by atoms with Crippen LogP contribution in [0.1, 0.15) is 10.4 Å². The molecule has 1 amide bonds. The SMILES string of the molecule is O=C(Nc1cnccc1-c1ccccc1)c1ccnc(Nc2ccc(Cl)cc2)c1. The Labute approximate surface area is 173 Å². The average molecular weight is 401 g/mol. The summed E-state index contributed by atoms with van der Waals surface area (Å²) < 4.78 is 0. The third-order valence-electron chi connectivity index (χ3n) is 4.29. The zero-order valence-electron chi connectivity index (χ0n) is 15.3. The maximum atomic E-state index is 12.8. The number of aromatic nitrogens is 2. The number of anilines is 3. The quantitative estimate of drug-likeness (QED) is 0.444. The standard InChI is InChI=1S/C23H17ClN4O/c24-18-6-8-19(9-7-18)27-22-14-17(10-13-26-22)23(29)28-21-15-25-12-11-20(21)16-4-2-1-3-5-16/h1-15H,(H,26,27)(H,28,29). The number of halogens is 1. The molecule has 0 atom stereocenters. The molecule has 2 heterocycles. The van der Waals surface area contributed by atoms with Crippen molar-refractivity contribution in [3.63, 3.8) is 0 Å². The number of hydrogen-bond acceptors (Lipinski definition) is 4. The van der Waals surface area contributed by atoms with Crippen LogP contribution in [0.15, 0.2) is 91.4 Å². The van der Waals surface area contributed by atoms with Crippen LogP contribution >= 0.6 is 11.6 Å². The zero-order valence-corrected chi connectivity index (χ0v) is 16.1. The van der Waals surface area contributed by atoms with E-state index in [9.17, 15) is 4.79 Å². The van der Waals surface area contributed by atoms with Crippen LogP contribution in [0.25, 0.3) is 11.1 Å². The molecule has 4 aromatic rings. The molecule has 6 heteroatoms. The highest BCUT2D eigenvalue weighted by molar-refractivity contribution is 6.30. The third kappa shape index (κ3) is 4.59. The van der Waals surface area contributed by atoms with E-state index in [1.807, 2.05) is 48.5 Å². The van der Waals surface area contributed by atoms with Crippen LogP contribution in [0, 0.1) is 0 Å². The first-order valence-electron chi connectivity index (χ1n) is 8.98. The van der Waals surface area contributed by atoms with Crippen molar-refractivity contribution in [2.45, 2.75) is 0 Å². The lowest BCUT2D eigenvalue weighted by atomic mass is 10.1. The lowest BCUT2D eigenvalue weighted by Gasteiger charge is -2.12. The summed E-state index contributed by atoms with van der Waals surface area (Å²) in [7, 11) is 0. The Bertz CT molecular complexity index is 1130. The third-order valence-corrected chi connectivity index (χ3v) is 4.54. The summed E-state index contributed by atoms with van der Waals surface area (Å²) in [5.74, 6) is 0.325. The van der Waals surface area contributed by atoms with Gasteiger partial charge in [-0.1, -0.05) is 41.9 Å². The molecule has 29 heavy (non-hydrogen) atoms. The Morgan fingerprint density at radius 2 is 1.69 bits per heavy atom. The van der Waals surface area contributed by atoms with Crippen LogP contribution in [0.5, 0.6) is 0 Å². The van der Waals surface area contributed by atoms with Crippen LogP contribution in [0.2, 0.25) is 5.02 Å². The Morgan fingerprint density at radius 3 is 2.48 bits per heavy atom. The first-order chi connectivity index (χ1) is 14.2. The lowest BCUT2D eigenvalue weighted by molar-refractivity contribution is 0.102. The summed E-state index contributed by atoms with van der Waals surface area (Å²) in [6.45, 7) is 0. The molecule has 0 aliphatic heterocycles. The molecule has 0 fully saturated rings. The maximum Gasteiger partial charge on any atom is 0.255 e. The Morgan fingerprint density at radius 1 is 0.897 bits per heavy atom. The van der Waals surface area contributed by atoms with Gasteiger partial charge in [0.05, 0.1) is 11.9 Å². The second-order valence-corrected chi connectivity index (χ2v) is 6.74. The van der Waals surface area contributed by atoms with Gasteiger partial charge in [0.15, 0.2) is 0 Å². The molecule has 2 N–H and O–H groups in total. The van der Waals surface area contributed by atoms with E-state index in [0.717, 1.165) is 16.8 Å². The number of benzene rings is 2. The topological polar surface area (TPSA) is 66.9 Å². The fourth-order valence-corrected chi connectivity index (χ4v) is 3.01. The normalized spacial score (nSPS) is 10.4. The predicted octanol–water partition coefficient (Wildman–Crippen LogP) is 5.79. The molecule has 4 rings (SSSR count). The van der Waals surface area contributed by atoms with Gasteiger partial charge < -0.3 is 10.6 Å². The second-order valence-electron chi connectivity index (χ2n) is 6.30. The number of carbonyl (C=O) groups excluding carboxylic acids is 1. The van der Waals surface area contributed by atoms with E-state index in [-0.39, 0.29) is 5.91 Å². The highest BCUT2D eigenvalue weighted by Gasteiger charge is 2.11. The molecule has 5 nitrogen and oxygen atoms in total. The highest BCUT2D eigenvalue weighted by atomic mass is 35.5. The van der Waals surface area contributed by atoms with E-state index < -0.39 is 0 Å². The van der Waals surface area contributed by atoms with Crippen molar-refractivity contribution in [3.05, 3.63) is 102 Å². The Balaban J connectivity index is 1.55. The van der Waals surface area contributed by atoms with Gasteiger partial charge >= 0.3 is 0 Å². The van der Waals surface area contributed by atoms with Gasteiger partial charge in [0.2, 0.25) is 0 Å². The van der Waals surface area contributed by atoms with E-state index in [4.69, 9.17) is 11.6 Å². The molecule has 142 valence electrons. The smallest absolute Gasteiger partial charge is 0.255 e. The number of hydrogen-bond donors (Lipinski definition) is 2. The van der Waals surface area contributed by atoms with Gasteiger partial charge in [-0.3, -0.25) is 9.78 Å². The Kier molecular flexibility index (Phi) is 5.49. The fourth-order valence-electron chi connectivity index (χ4n) is 2.88. The molecule has 0 saturated heterocycles. The first-order valence-corrected chi connectivity index (χ1v) is 9.36. The van der Waals surface area contributed by atoms with Crippen molar-refractivity contribution in [2.75, 3.05) is 10.6 Å². The van der Waals surface area contributed by atoms with Crippen LogP contribution < -0.4 is 10.6 Å². The van der Waals surface area contributed by atoms with Gasteiger partial charge in [0, 0.05) is 34.2 Å². The van der Waals surface area contributed by atoms with E-state index in [0.29, 0.717) is 22.1 Å². The Hall–Kier alpha value is -3.70. The van der Waals surface area contributed by atoms with Gasteiger partial charge in [0.1, 0.15) is 5.82 Å². The van der Waals surface area contributed by atoms with Gasteiger partial charge in [-0.2, -0.15) is 0 Å². The van der Waals surface area contributed by atoms with Crippen molar-refractivity contribution >= 4 is 34.7 Å². The minimum atomic E-state index is -0.239. The molecule has 0 unspecified atom stereocenters. The molecule has 2 aromatic carbocycles. The molecular weight excluding hydrogens is 384 g/mol. The predicted molar refractivity (Wildman–Crippen MR) is 117 cm³/mol. The van der Waals surface area contributed by atoms with Crippen molar-refractivity contribution in [1.82, 2.24) is 9.97 Å². The van der Waals surface area contributed by atoms with Crippen molar-refractivity contribution < 1.29 is 4.79 Å². The van der Waals surface area contributed by atoms with Gasteiger partial charge in [-0.15, -0.1) is 0 Å². The lowest BCUT2D eigenvalue weighted by Crippen LogP contribution is -2.13. The minimum Gasteiger partial charge on any atom is -0.340 e. The van der Waals surface area contributed by atoms with Crippen molar-refractivity contribution in [1.29, 1.82) is 0 Å². The van der Waals surface area contributed by atoms with Crippen molar-refractivity contribution in [3.8, 4) is 11.1 Å². The fraction of sp³-hybridized carbons (Fsp3) is 0. The molecule has 0 saturated carbocycles. The highest BCUT2D eigenvalue weighted by Crippen LogP contribution is 2.27. The molecule has 0 aliphatic rings. The number of pyridine rings is 2. The molecule has 2 aromatic heterocycles. The van der Waals surface area contributed by atoms with Crippen LogP contribution in [-0.2, 0) is 0 Å². The van der Waals surface area contributed by atoms with E-state index in [2.05, 4.69) is 20.6 Å². The monoisotopic (exact) mass is 400 g/mol. The van der Waals surface area contributed by atoms with Gasteiger partial charge in [-0.25, -0.2) is 4.98 Å². The zero-order chi connectivity index (χ0) is 20.1. The van der Waals surface area contributed by atoms with Crippen LogP contribution in [-0.4, -0.2) is 15.9 Å². The van der Waals surface area contributed by atoms with E-state index in [1.165, 1.54) is 0 Å². The van der Waals surface area contributed by atoms with Crippen molar-refractivity contribution in [2.24, 2.45) is 0 Å². The summed E-state index contributed by atoms with van der Waals surface area (Å²) in [6, 6.07) is 22.4. The summed E-state index contributed by atoms with van der Waals surface area (Å²) in [5.41, 5.74) is 3.87. The largest absolute Gasteiger partial charge is 0.340 e. The second kappa shape index (κ2) is 8.54. The van der Waals surface area contributed by atoms with Crippen LogP contribution in [0.3, 0.4) is 0 Å².